The summed E-state index contributed by atoms with van der Waals surface area (Å²) in [5, 5.41) is 0.597. The molecule has 0 aliphatic carbocycles. The van der Waals surface area contributed by atoms with Crippen molar-refractivity contribution in [3.63, 3.8) is 0 Å². The number of fused-ring (bicyclic) bond motifs is 1. The Balaban J connectivity index is 2.54. The van der Waals surface area contributed by atoms with E-state index in [-0.39, 0.29) is 0 Å². The van der Waals surface area contributed by atoms with E-state index in [1.54, 1.807) is 6.20 Å². The van der Waals surface area contributed by atoms with E-state index in [9.17, 15) is 0 Å². The van der Waals surface area contributed by atoms with Gasteiger partial charge in [0.1, 0.15) is 13.2 Å². The van der Waals surface area contributed by atoms with Gasteiger partial charge < -0.3 is 9.47 Å². The van der Waals surface area contributed by atoms with Crippen LogP contribution in [0.4, 0.5) is 0 Å². The third-order valence-corrected chi connectivity index (χ3v) is 3.14. The zero-order chi connectivity index (χ0) is 8.55. The molecule has 0 radical (unpaired) electrons. The maximum Gasteiger partial charge on any atom is 0.258 e. The molecule has 2 rings (SSSR count). The fourth-order valence-corrected chi connectivity index (χ4v) is 1.60. The van der Waals surface area contributed by atoms with E-state index in [2.05, 4.69) is 27.6 Å². The van der Waals surface area contributed by atoms with Crippen LogP contribution in [0.2, 0.25) is 5.02 Å². The molecule has 64 valence electrons. The van der Waals surface area contributed by atoms with Crippen molar-refractivity contribution < 1.29 is 9.47 Å². The smallest absolute Gasteiger partial charge is 0.258 e. The van der Waals surface area contributed by atoms with Gasteiger partial charge in [-0.15, -0.1) is 0 Å². The van der Waals surface area contributed by atoms with E-state index in [1.807, 2.05) is 0 Å². The Kier molecular flexibility index (Phi) is 2.27. The van der Waals surface area contributed by atoms with Crippen LogP contribution in [-0.2, 0) is 0 Å². The number of hydrogen-bond donors (Lipinski definition) is 0. The van der Waals surface area contributed by atoms with Crippen molar-refractivity contribution in [2.24, 2.45) is 0 Å². The molecule has 12 heavy (non-hydrogen) atoms. The normalized spacial score (nSPS) is 14.5. The first-order chi connectivity index (χ1) is 5.79. The lowest BCUT2D eigenvalue weighted by Crippen LogP contribution is -2.17. The van der Waals surface area contributed by atoms with E-state index in [4.69, 9.17) is 21.1 Å². The van der Waals surface area contributed by atoms with Crippen molar-refractivity contribution >= 4 is 34.2 Å². The van der Waals surface area contributed by atoms with Gasteiger partial charge in [-0.1, -0.05) is 11.6 Å². The lowest BCUT2D eigenvalue weighted by atomic mass is 10.4. The largest absolute Gasteiger partial charge is 0.483 e. The first-order valence-corrected chi connectivity index (χ1v) is 4.84. The number of halogens is 2. The Morgan fingerprint density at radius 3 is 3.00 bits per heavy atom. The molecule has 0 spiro atoms. The summed E-state index contributed by atoms with van der Waals surface area (Å²) in [4.78, 5) is 4.00. The zero-order valence-corrected chi connectivity index (χ0v) is 8.92. The molecular weight excluding hydrogens is 292 g/mol. The summed E-state index contributed by atoms with van der Waals surface area (Å²) in [6.07, 6.45) is 1.57. The highest BCUT2D eigenvalue weighted by Crippen LogP contribution is 2.36. The molecule has 0 saturated heterocycles. The Hall–Kier alpha value is -0.230. The van der Waals surface area contributed by atoms with Crippen molar-refractivity contribution in [1.82, 2.24) is 4.98 Å². The fraction of sp³-hybridized carbons (Fsp3) is 0.286. The van der Waals surface area contributed by atoms with Gasteiger partial charge in [0, 0.05) is 0 Å². The zero-order valence-electron chi connectivity index (χ0n) is 6.01. The molecule has 0 amide bonds. The van der Waals surface area contributed by atoms with Gasteiger partial charge in [0.25, 0.3) is 5.88 Å². The van der Waals surface area contributed by atoms with E-state index in [0.29, 0.717) is 29.9 Å². The van der Waals surface area contributed by atoms with Crippen LogP contribution in [0.3, 0.4) is 0 Å². The van der Waals surface area contributed by atoms with E-state index < -0.39 is 0 Å². The van der Waals surface area contributed by atoms with E-state index >= 15 is 0 Å². The summed E-state index contributed by atoms with van der Waals surface area (Å²) < 4.78 is 11.5. The van der Waals surface area contributed by atoms with Crippen LogP contribution >= 0.6 is 34.2 Å². The molecule has 1 aromatic heterocycles. The van der Waals surface area contributed by atoms with Gasteiger partial charge in [0.15, 0.2) is 5.75 Å². The third kappa shape index (κ3) is 1.33. The van der Waals surface area contributed by atoms with E-state index in [1.165, 1.54) is 0 Å². The maximum atomic E-state index is 5.84. The predicted octanol–water partition coefficient (Wildman–Crippen LogP) is 2.11. The maximum absolute atomic E-state index is 5.84. The SMILES string of the molecule is Clc1cnc2c(c1I)OCCO2. The Morgan fingerprint density at radius 1 is 1.42 bits per heavy atom. The highest BCUT2D eigenvalue weighted by molar-refractivity contribution is 14.1. The monoisotopic (exact) mass is 297 g/mol. The van der Waals surface area contributed by atoms with Crippen molar-refractivity contribution in [3.8, 4) is 11.6 Å². The molecule has 0 N–H and O–H groups in total. The molecule has 3 nitrogen and oxygen atoms in total. The summed E-state index contributed by atoms with van der Waals surface area (Å²) in [6, 6.07) is 0. The minimum atomic E-state index is 0.537. The molecule has 0 saturated carbocycles. The summed E-state index contributed by atoms with van der Waals surface area (Å²) >= 11 is 7.95. The van der Waals surface area contributed by atoms with Crippen LogP contribution in [0.1, 0.15) is 0 Å². The highest BCUT2D eigenvalue weighted by atomic mass is 127. The molecule has 1 aliphatic heterocycles. The van der Waals surface area contributed by atoms with Gasteiger partial charge in [-0.2, -0.15) is 0 Å². The lowest BCUT2D eigenvalue weighted by molar-refractivity contribution is 0.163. The average Bonchev–Trinajstić information content (AvgIpc) is 2.12. The first kappa shape index (κ1) is 8.37. The molecule has 1 aliphatic rings. The van der Waals surface area contributed by atoms with Gasteiger partial charge in [-0.25, -0.2) is 4.98 Å². The van der Waals surface area contributed by atoms with Crippen molar-refractivity contribution in [2.45, 2.75) is 0 Å². The second-order valence-electron chi connectivity index (χ2n) is 2.25. The molecule has 0 unspecified atom stereocenters. The van der Waals surface area contributed by atoms with E-state index in [0.717, 1.165) is 3.57 Å². The molecule has 0 fully saturated rings. The van der Waals surface area contributed by atoms with Gasteiger partial charge >= 0.3 is 0 Å². The number of rotatable bonds is 0. The number of aromatic nitrogens is 1. The van der Waals surface area contributed by atoms with Gasteiger partial charge in [-0.3, -0.25) is 0 Å². The summed E-state index contributed by atoms with van der Waals surface area (Å²) in [5.74, 6) is 1.20. The summed E-state index contributed by atoms with van der Waals surface area (Å²) in [7, 11) is 0. The molecule has 5 heteroatoms. The van der Waals surface area contributed by atoms with Crippen LogP contribution in [0.15, 0.2) is 6.20 Å². The minimum absolute atomic E-state index is 0.537. The number of nitrogens with zero attached hydrogens (tertiary/aromatic N) is 1. The Morgan fingerprint density at radius 2 is 2.17 bits per heavy atom. The van der Waals surface area contributed by atoms with Gasteiger partial charge in [0.2, 0.25) is 0 Å². The number of pyridine rings is 1. The molecule has 0 aromatic carbocycles. The molecular formula is C7H5ClINO2. The van der Waals surface area contributed by atoms with Gasteiger partial charge in [0.05, 0.1) is 14.8 Å². The third-order valence-electron chi connectivity index (χ3n) is 1.47. The number of ether oxygens (including phenoxy) is 2. The number of hydrogen-bond acceptors (Lipinski definition) is 3. The van der Waals surface area contributed by atoms with Crippen LogP contribution < -0.4 is 9.47 Å². The second-order valence-corrected chi connectivity index (χ2v) is 3.74. The highest BCUT2D eigenvalue weighted by Gasteiger charge is 2.18. The topological polar surface area (TPSA) is 31.4 Å². The summed E-state index contributed by atoms with van der Waals surface area (Å²) in [6.45, 7) is 1.11. The average molecular weight is 297 g/mol. The fourth-order valence-electron chi connectivity index (χ4n) is 0.943. The minimum Gasteiger partial charge on any atom is -0.483 e. The predicted molar refractivity (Wildman–Crippen MR) is 53.0 cm³/mol. The summed E-state index contributed by atoms with van der Waals surface area (Å²) in [5.41, 5.74) is 0. The molecule has 2 heterocycles. The first-order valence-electron chi connectivity index (χ1n) is 3.38. The Bertz CT molecular complexity index is 319. The molecule has 1 aromatic rings. The lowest BCUT2D eigenvalue weighted by Gasteiger charge is -2.18. The molecule has 0 bridgehead atoms. The molecule has 0 atom stereocenters. The van der Waals surface area contributed by atoms with Crippen LogP contribution in [0, 0.1) is 3.57 Å². The second kappa shape index (κ2) is 3.26. The van der Waals surface area contributed by atoms with Gasteiger partial charge in [-0.05, 0) is 22.6 Å². The standard InChI is InChI=1S/C7H5ClINO2/c8-4-3-10-7-6(5(4)9)11-1-2-12-7/h3H,1-2H2. The van der Waals surface area contributed by atoms with Crippen LogP contribution in [0.5, 0.6) is 11.6 Å². The van der Waals surface area contributed by atoms with Crippen molar-refractivity contribution in [2.75, 3.05) is 13.2 Å². The van der Waals surface area contributed by atoms with Crippen molar-refractivity contribution in [3.05, 3.63) is 14.8 Å². The quantitative estimate of drug-likeness (QED) is 0.687. The van der Waals surface area contributed by atoms with Crippen LogP contribution in [0.25, 0.3) is 0 Å². The van der Waals surface area contributed by atoms with Crippen LogP contribution in [-0.4, -0.2) is 18.2 Å². The van der Waals surface area contributed by atoms with Crippen molar-refractivity contribution in [1.29, 1.82) is 0 Å². The Labute approximate surface area is 88.2 Å².